The van der Waals surface area contributed by atoms with E-state index in [0.29, 0.717) is 32.3 Å². The third kappa shape index (κ3) is 8.54. The Balaban J connectivity index is 0.936. The van der Waals surface area contributed by atoms with E-state index in [1.54, 1.807) is 0 Å². The van der Waals surface area contributed by atoms with Crippen molar-refractivity contribution in [1.29, 1.82) is 0 Å². The van der Waals surface area contributed by atoms with Crippen LogP contribution >= 0.6 is 0 Å². The van der Waals surface area contributed by atoms with Crippen molar-refractivity contribution >= 4 is 0 Å². The number of allylic oxidation sites excluding steroid dienone is 1. The number of ether oxygens (including phenoxy) is 9. The van der Waals surface area contributed by atoms with Gasteiger partial charge in [0.15, 0.2) is 25.2 Å². The van der Waals surface area contributed by atoms with Gasteiger partial charge in [0.1, 0.15) is 85.5 Å². The summed E-state index contributed by atoms with van der Waals surface area (Å²) in [5.74, 6) is 0.0584. The summed E-state index contributed by atoms with van der Waals surface area (Å²) in [6, 6.07) is 0. The van der Waals surface area contributed by atoms with Crippen molar-refractivity contribution < 1.29 is 109 Å². The normalized spacial score (nSPS) is 58.7. The average molecular weight is 1090 g/mol. The molecule has 0 aromatic carbocycles. The Morgan fingerprint density at radius 1 is 0.526 bits per heavy atom. The lowest BCUT2D eigenvalue weighted by atomic mass is 9.32. The van der Waals surface area contributed by atoms with Crippen LogP contribution in [0.4, 0.5) is 0 Å². The van der Waals surface area contributed by atoms with Gasteiger partial charge in [-0.2, -0.15) is 0 Å². The highest BCUT2D eigenvalue weighted by molar-refractivity contribution is 5.36. The third-order valence-corrected chi connectivity index (χ3v) is 22.1. The molecular formula is C54H88O22. The summed E-state index contributed by atoms with van der Waals surface area (Å²) in [4.78, 5) is 0. The van der Waals surface area contributed by atoms with E-state index in [-0.39, 0.29) is 46.0 Å². The zero-order valence-corrected chi connectivity index (χ0v) is 45.1. The molecule has 0 amide bonds. The predicted octanol–water partition coefficient (Wildman–Crippen LogP) is -1.55. The summed E-state index contributed by atoms with van der Waals surface area (Å²) >= 11 is 0. The molecule has 22 heteroatoms. The fraction of sp³-hybridized carbons (Fsp3) is 0.963. The van der Waals surface area contributed by atoms with Gasteiger partial charge in [0, 0.05) is 22.2 Å². The Labute approximate surface area is 444 Å². The number of hydrogen-bond donors (Lipinski definition) is 13. The van der Waals surface area contributed by atoms with Gasteiger partial charge in [0.05, 0.1) is 56.4 Å². The van der Waals surface area contributed by atoms with Gasteiger partial charge in [-0.3, -0.25) is 0 Å². The molecule has 5 saturated heterocycles. The topological polar surface area (TPSA) is 346 Å². The van der Waals surface area contributed by atoms with Crippen molar-refractivity contribution in [2.24, 2.45) is 50.2 Å². The van der Waals surface area contributed by atoms with Crippen LogP contribution < -0.4 is 0 Å². The third-order valence-electron chi connectivity index (χ3n) is 22.1. The molecule has 31 atom stereocenters. The van der Waals surface area contributed by atoms with Crippen LogP contribution in [0.3, 0.4) is 0 Å². The van der Waals surface area contributed by atoms with Gasteiger partial charge in [-0.05, 0) is 93.3 Å². The summed E-state index contributed by atoms with van der Waals surface area (Å²) in [6.45, 7) is 15.2. The molecule has 10 rings (SSSR count). The summed E-state index contributed by atoms with van der Waals surface area (Å²) in [5.41, 5.74) is -2.77. The maximum atomic E-state index is 12.3. The molecule has 5 aliphatic heterocycles. The van der Waals surface area contributed by atoms with E-state index in [2.05, 4.69) is 46.8 Å². The summed E-state index contributed by atoms with van der Waals surface area (Å²) in [7, 11) is 0. The quantitative estimate of drug-likeness (QED) is 0.0823. The molecule has 76 heavy (non-hydrogen) atoms. The zero-order valence-electron chi connectivity index (χ0n) is 45.1. The van der Waals surface area contributed by atoms with Crippen molar-refractivity contribution in [2.45, 2.75) is 247 Å². The van der Waals surface area contributed by atoms with E-state index in [1.165, 1.54) is 13.8 Å². The molecule has 4 saturated carbocycles. The van der Waals surface area contributed by atoms with Gasteiger partial charge in [0.2, 0.25) is 0 Å². The Kier molecular flexibility index (Phi) is 15.5. The monoisotopic (exact) mass is 1090 g/mol. The van der Waals surface area contributed by atoms with E-state index in [4.69, 9.17) is 42.6 Å². The second-order valence-corrected chi connectivity index (χ2v) is 26.6. The van der Waals surface area contributed by atoms with Crippen LogP contribution in [0.25, 0.3) is 0 Å². The van der Waals surface area contributed by atoms with Gasteiger partial charge in [-0.1, -0.05) is 53.7 Å². The van der Waals surface area contributed by atoms with Crippen LogP contribution in [0.5, 0.6) is 0 Å². The Morgan fingerprint density at radius 3 is 1.76 bits per heavy atom. The molecule has 0 aromatic rings. The lowest BCUT2D eigenvalue weighted by Gasteiger charge is -2.73. The van der Waals surface area contributed by atoms with Crippen LogP contribution in [0.1, 0.15) is 107 Å². The zero-order chi connectivity index (χ0) is 55.2. The maximum absolute atomic E-state index is 12.3. The maximum Gasteiger partial charge on any atom is 0.187 e. The summed E-state index contributed by atoms with van der Waals surface area (Å²) < 4.78 is 56.5. The summed E-state index contributed by atoms with van der Waals surface area (Å²) in [5, 5.41) is 144. The first-order valence-electron chi connectivity index (χ1n) is 27.8. The number of fused-ring (bicyclic) bond motifs is 4. The molecule has 5 aliphatic carbocycles. The molecule has 436 valence electrons. The smallest absolute Gasteiger partial charge is 0.187 e. The van der Waals surface area contributed by atoms with Crippen LogP contribution in [0, 0.1) is 50.2 Å². The molecule has 22 nitrogen and oxygen atoms in total. The highest BCUT2D eigenvalue weighted by Crippen LogP contribution is 2.79. The molecule has 5 heterocycles. The molecule has 2 bridgehead atoms. The van der Waals surface area contributed by atoms with Crippen LogP contribution in [0.15, 0.2) is 12.2 Å². The SMILES string of the molecule is C[C@@H]1O[C@H](O[C@H]2[C@H](O)[C@@H](O)[C@H](O[C@H]3[C@@H](O)[C@@H](C)O[C@@H](O[C@H]4CC[C@@]5(C)[C@@H](CC[C@]6(C)[C@@H]5C=C[C@]57OC[C@@]8(CCC(C)(C)C[C@@H]85)[C@@H](O)C[C@]76C)[C@]4(C)CO)[C@@H]3O[C@@H]3O[C@H](CO)[C@@H](O)[C@H](O)[C@H]3O)O[C@@H]2CO)[C@H](O)[C@H](O)[C@H]1O. The lowest BCUT2D eigenvalue weighted by Crippen LogP contribution is -2.72. The van der Waals surface area contributed by atoms with Gasteiger partial charge < -0.3 is 109 Å². The number of aliphatic hydroxyl groups excluding tert-OH is 13. The van der Waals surface area contributed by atoms with Gasteiger partial charge in [0.25, 0.3) is 0 Å². The van der Waals surface area contributed by atoms with Crippen molar-refractivity contribution in [2.75, 3.05) is 26.4 Å². The van der Waals surface area contributed by atoms with Gasteiger partial charge >= 0.3 is 0 Å². The minimum atomic E-state index is -2.01. The minimum absolute atomic E-state index is 0.0242. The van der Waals surface area contributed by atoms with E-state index < -0.39 is 165 Å². The molecule has 13 N–H and O–H groups in total. The van der Waals surface area contributed by atoms with Crippen LogP contribution in [0.2, 0.25) is 0 Å². The summed E-state index contributed by atoms with van der Waals surface area (Å²) in [6.07, 6.45) is -23.4. The highest BCUT2D eigenvalue weighted by Gasteiger charge is 2.79. The lowest BCUT2D eigenvalue weighted by molar-refractivity contribution is -0.403. The Bertz CT molecular complexity index is 2100. The van der Waals surface area contributed by atoms with Crippen molar-refractivity contribution in [3.63, 3.8) is 0 Å². The predicted molar refractivity (Wildman–Crippen MR) is 261 cm³/mol. The Morgan fingerprint density at radius 2 is 1.11 bits per heavy atom. The second kappa shape index (κ2) is 20.3. The van der Waals surface area contributed by atoms with Crippen molar-refractivity contribution in [3.05, 3.63) is 12.2 Å². The van der Waals surface area contributed by atoms with Crippen molar-refractivity contribution in [1.82, 2.24) is 0 Å². The van der Waals surface area contributed by atoms with E-state index in [0.717, 1.165) is 25.7 Å². The van der Waals surface area contributed by atoms with Crippen LogP contribution in [-0.2, 0) is 42.6 Å². The van der Waals surface area contributed by atoms with E-state index in [9.17, 15) is 66.4 Å². The fourth-order valence-corrected chi connectivity index (χ4v) is 17.2. The Hall–Kier alpha value is -1.14. The first kappa shape index (κ1) is 58.1. The van der Waals surface area contributed by atoms with Crippen molar-refractivity contribution in [3.8, 4) is 0 Å². The molecule has 10 aliphatic rings. The molecule has 0 radical (unpaired) electrons. The first-order chi connectivity index (χ1) is 35.6. The molecular weight excluding hydrogens is 1000 g/mol. The highest BCUT2D eigenvalue weighted by atomic mass is 16.8. The molecule has 0 unspecified atom stereocenters. The first-order valence-corrected chi connectivity index (χ1v) is 27.8. The van der Waals surface area contributed by atoms with E-state index >= 15 is 0 Å². The van der Waals surface area contributed by atoms with E-state index in [1.807, 2.05) is 6.92 Å². The minimum Gasteiger partial charge on any atom is -0.396 e. The van der Waals surface area contributed by atoms with Gasteiger partial charge in [-0.25, -0.2) is 0 Å². The molecule has 0 aromatic heterocycles. The number of hydrogen-bond acceptors (Lipinski definition) is 22. The average Bonchev–Trinajstić information content (AvgIpc) is 3.89. The molecule has 9 fully saturated rings. The number of rotatable bonds is 11. The largest absolute Gasteiger partial charge is 0.396 e. The van der Waals surface area contributed by atoms with Crippen LogP contribution in [-0.4, -0.2) is 233 Å². The number of aliphatic hydroxyl groups is 13. The molecule has 1 spiro atoms. The fourth-order valence-electron chi connectivity index (χ4n) is 17.2. The second-order valence-electron chi connectivity index (χ2n) is 26.6. The standard InChI is InChI=1S/C54H88O22/c1-23-32(59)35(62)38(65)44(69-23)74-41-26(20-56)72-46(40(67)37(41)64)75-42-33(60)24(2)70-47(43(42)76-45-39(66)36(63)34(61)25(19-55)71-45)73-31-11-12-49(5)27(50(31,6)21-57)9-13-51(7)28(49)10-14-54-29-17-48(3,4)15-16-53(29,22-68-54)30(58)18-52(51,54)8/h10,14,23-47,55-67H,9,11-13,15-22H2,1-8H3/t23-,24+,25+,26+,27+,28+,29-,30-,31-,32-,33-,34+,35+,36-,37+,38+,39+,40+,41+,42-,43+,44+,45-,46-,47-,49-,50-,51+,52-,53+,54-/m0/s1. The van der Waals surface area contributed by atoms with Gasteiger partial charge in [-0.15, -0.1) is 0 Å².